The van der Waals surface area contributed by atoms with Crippen molar-refractivity contribution in [2.24, 2.45) is 11.3 Å². The minimum Gasteiger partial charge on any atom is -0.491 e. The Bertz CT molecular complexity index is 613. The molecule has 3 atom stereocenters. The van der Waals surface area contributed by atoms with Gasteiger partial charge in [-0.15, -0.1) is 0 Å². The lowest BCUT2D eigenvalue weighted by atomic mass is 9.57. The van der Waals surface area contributed by atoms with Crippen LogP contribution in [-0.2, 0) is 4.74 Å². The number of rotatable bonds is 3. The number of nitrogens with one attached hydrogen (secondary N) is 2. The van der Waals surface area contributed by atoms with Crippen molar-refractivity contribution in [3.63, 3.8) is 0 Å². The zero-order chi connectivity index (χ0) is 16.8. The number of ether oxygens (including phenoxy) is 2. The van der Waals surface area contributed by atoms with E-state index in [-0.39, 0.29) is 23.2 Å². The Morgan fingerprint density at radius 2 is 2.00 bits per heavy atom. The first kappa shape index (κ1) is 16.0. The van der Waals surface area contributed by atoms with Crippen LogP contribution in [0.4, 0.5) is 19.3 Å². The molecule has 5 nitrogen and oxygen atoms in total. The summed E-state index contributed by atoms with van der Waals surface area (Å²) in [5.41, 5.74) is -0.121. The standard InChI is InChI=1S/C16H20F2N2O3/c1-16(2)13(9-4-5-23-14(9)16)20-15(21)19-8-6-10(17)12(22-3)11(18)7-8/h6-7,9,13-14H,4-5H2,1-3H3,(H2,19,20,21)/t9-,13+,14-/m0/s1. The molecule has 1 aliphatic carbocycles. The third kappa shape index (κ3) is 2.63. The molecular weight excluding hydrogens is 306 g/mol. The molecule has 0 aromatic heterocycles. The number of carbonyl (C=O) groups excluding carboxylic acids is 1. The second-order valence-corrected chi connectivity index (χ2v) is 6.61. The lowest BCUT2D eigenvalue weighted by molar-refractivity contribution is -0.107. The van der Waals surface area contributed by atoms with E-state index in [0.717, 1.165) is 18.6 Å². The monoisotopic (exact) mass is 326 g/mol. The van der Waals surface area contributed by atoms with Gasteiger partial charge in [-0.3, -0.25) is 0 Å². The van der Waals surface area contributed by atoms with E-state index in [1.54, 1.807) is 0 Å². The molecule has 2 aliphatic rings. The van der Waals surface area contributed by atoms with E-state index in [1.807, 2.05) is 13.8 Å². The molecule has 1 saturated carbocycles. The van der Waals surface area contributed by atoms with E-state index in [1.165, 1.54) is 7.11 Å². The van der Waals surface area contributed by atoms with Crippen LogP contribution >= 0.6 is 0 Å². The molecule has 1 heterocycles. The van der Waals surface area contributed by atoms with Crippen LogP contribution in [0.25, 0.3) is 0 Å². The minimum absolute atomic E-state index is 0.0251. The fourth-order valence-corrected chi connectivity index (χ4v) is 3.75. The number of halogens is 2. The van der Waals surface area contributed by atoms with Gasteiger partial charge >= 0.3 is 6.03 Å². The highest BCUT2D eigenvalue weighted by Crippen LogP contribution is 2.52. The first-order chi connectivity index (χ1) is 10.8. The normalized spacial score (nSPS) is 27.8. The Hall–Kier alpha value is -1.89. The van der Waals surface area contributed by atoms with Crippen molar-refractivity contribution in [1.29, 1.82) is 0 Å². The van der Waals surface area contributed by atoms with E-state index in [0.29, 0.717) is 12.5 Å². The van der Waals surface area contributed by atoms with Gasteiger partial charge in [0.15, 0.2) is 17.4 Å². The molecule has 7 heteroatoms. The average Bonchev–Trinajstić information content (AvgIpc) is 2.91. The van der Waals surface area contributed by atoms with E-state index in [2.05, 4.69) is 15.4 Å². The lowest BCUT2D eigenvalue weighted by Crippen LogP contribution is -2.67. The Morgan fingerprint density at radius 3 is 2.61 bits per heavy atom. The molecule has 0 bridgehead atoms. The van der Waals surface area contributed by atoms with Crippen LogP contribution in [0.1, 0.15) is 20.3 Å². The topological polar surface area (TPSA) is 59.6 Å². The number of hydrogen-bond donors (Lipinski definition) is 2. The van der Waals surface area contributed by atoms with Crippen molar-refractivity contribution in [1.82, 2.24) is 5.32 Å². The number of amides is 2. The summed E-state index contributed by atoms with van der Waals surface area (Å²) >= 11 is 0. The second-order valence-electron chi connectivity index (χ2n) is 6.61. The molecule has 1 saturated heterocycles. The van der Waals surface area contributed by atoms with Crippen LogP contribution in [0.5, 0.6) is 5.75 Å². The van der Waals surface area contributed by atoms with Crippen LogP contribution in [0.2, 0.25) is 0 Å². The smallest absolute Gasteiger partial charge is 0.319 e. The summed E-state index contributed by atoms with van der Waals surface area (Å²) in [6, 6.07) is 1.53. The predicted octanol–water partition coefficient (Wildman–Crippen LogP) is 2.91. The fourth-order valence-electron chi connectivity index (χ4n) is 3.75. The molecule has 2 N–H and O–H groups in total. The van der Waals surface area contributed by atoms with Crippen LogP contribution in [-0.4, -0.2) is 31.9 Å². The molecule has 126 valence electrons. The van der Waals surface area contributed by atoms with Gasteiger partial charge in [0.2, 0.25) is 0 Å². The second kappa shape index (κ2) is 5.63. The number of methoxy groups -OCH3 is 1. The summed E-state index contributed by atoms with van der Waals surface area (Å²) < 4.78 is 37.6. The average molecular weight is 326 g/mol. The summed E-state index contributed by atoms with van der Waals surface area (Å²) in [7, 11) is 1.18. The number of fused-ring (bicyclic) bond motifs is 1. The first-order valence-corrected chi connectivity index (χ1v) is 7.56. The van der Waals surface area contributed by atoms with Crippen molar-refractivity contribution in [3.05, 3.63) is 23.8 Å². The number of hydrogen-bond acceptors (Lipinski definition) is 3. The molecule has 1 aromatic rings. The summed E-state index contributed by atoms with van der Waals surface area (Å²) in [6.07, 6.45) is 1.06. The molecule has 3 rings (SSSR count). The van der Waals surface area contributed by atoms with Crippen molar-refractivity contribution in [2.75, 3.05) is 19.0 Å². The zero-order valence-corrected chi connectivity index (χ0v) is 13.3. The number of anilines is 1. The summed E-state index contributed by atoms with van der Waals surface area (Å²) in [5.74, 6) is -1.91. The number of benzene rings is 1. The Morgan fingerprint density at radius 1 is 1.35 bits per heavy atom. The van der Waals surface area contributed by atoms with Gasteiger partial charge in [0, 0.05) is 41.8 Å². The molecule has 23 heavy (non-hydrogen) atoms. The van der Waals surface area contributed by atoms with Crippen LogP contribution in [0, 0.1) is 23.0 Å². The zero-order valence-electron chi connectivity index (χ0n) is 13.3. The van der Waals surface area contributed by atoms with E-state index in [4.69, 9.17) is 4.74 Å². The molecule has 2 fully saturated rings. The summed E-state index contributed by atoms with van der Waals surface area (Å²) in [5, 5.41) is 5.35. The van der Waals surface area contributed by atoms with Gasteiger partial charge in [0.1, 0.15) is 0 Å². The molecule has 1 aromatic carbocycles. The minimum atomic E-state index is -0.865. The van der Waals surface area contributed by atoms with E-state index >= 15 is 0 Å². The largest absolute Gasteiger partial charge is 0.491 e. The van der Waals surface area contributed by atoms with Crippen molar-refractivity contribution >= 4 is 11.7 Å². The third-order valence-corrected chi connectivity index (χ3v) is 4.85. The van der Waals surface area contributed by atoms with Gasteiger partial charge in [-0.05, 0) is 6.42 Å². The van der Waals surface area contributed by atoms with Gasteiger partial charge in [-0.2, -0.15) is 0 Å². The van der Waals surface area contributed by atoms with Crippen LogP contribution < -0.4 is 15.4 Å². The third-order valence-electron chi connectivity index (χ3n) is 4.85. The SMILES string of the molecule is COc1c(F)cc(NC(=O)N[C@@H]2[C@@H]3CCO[C@@H]3C2(C)C)cc1F. The van der Waals surface area contributed by atoms with E-state index < -0.39 is 23.4 Å². The highest BCUT2D eigenvalue weighted by atomic mass is 19.1. The highest BCUT2D eigenvalue weighted by molar-refractivity contribution is 5.89. The van der Waals surface area contributed by atoms with Gasteiger partial charge in [-0.1, -0.05) is 13.8 Å². The number of urea groups is 1. The van der Waals surface area contributed by atoms with Crippen molar-refractivity contribution in [3.8, 4) is 5.75 Å². The van der Waals surface area contributed by atoms with Gasteiger partial charge in [0.25, 0.3) is 0 Å². The Balaban J connectivity index is 1.66. The molecule has 2 amide bonds. The first-order valence-electron chi connectivity index (χ1n) is 7.56. The predicted molar refractivity (Wildman–Crippen MR) is 80.5 cm³/mol. The Labute approximate surface area is 133 Å². The lowest BCUT2D eigenvalue weighted by Gasteiger charge is -2.54. The maximum atomic E-state index is 13.6. The molecule has 1 aliphatic heterocycles. The van der Waals surface area contributed by atoms with Crippen molar-refractivity contribution in [2.45, 2.75) is 32.4 Å². The molecule has 0 radical (unpaired) electrons. The Kier molecular flexibility index (Phi) is 3.91. The van der Waals surface area contributed by atoms with Crippen LogP contribution in [0.3, 0.4) is 0 Å². The maximum absolute atomic E-state index is 13.6. The molecular formula is C16H20F2N2O3. The van der Waals surface area contributed by atoms with Crippen LogP contribution in [0.15, 0.2) is 12.1 Å². The van der Waals surface area contributed by atoms with E-state index in [9.17, 15) is 13.6 Å². The molecule has 0 spiro atoms. The maximum Gasteiger partial charge on any atom is 0.319 e. The summed E-state index contributed by atoms with van der Waals surface area (Å²) in [4.78, 5) is 12.1. The summed E-state index contributed by atoms with van der Waals surface area (Å²) in [6.45, 7) is 4.78. The molecule has 0 unspecified atom stereocenters. The quantitative estimate of drug-likeness (QED) is 0.898. The van der Waals surface area contributed by atoms with Gasteiger partial charge in [0.05, 0.1) is 13.2 Å². The van der Waals surface area contributed by atoms with Gasteiger partial charge < -0.3 is 20.1 Å². The van der Waals surface area contributed by atoms with Crippen molar-refractivity contribution < 1.29 is 23.0 Å². The number of carbonyl (C=O) groups is 1. The highest BCUT2D eigenvalue weighted by Gasteiger charge is 2.59. The van der Waals surface area contributed by atoms with Gasteiger partial charge in [-0.25, -0.2) is 13.6 Å². The fraction of sp³-hybridized carbons (Fsp3) is 0.562.